The van der Waals surface area contributed by atoms with E-state index in [4.69, 9.17) is 5.73 Å². The van der Waals surface area contributed by atoms with Crippen LogP contribution in [0.15, 0.2) is 43.0 Å². The van der Waals surface area contributed by atoms with Gasteiger partial charge in [-0.1, -0.05) is 43.7 Å². The molecule has 0 radical (unpaired) electrons. The first-order chi connectivity index (χ1) is 12.0. The van der Waals surface area contributed by atoms with Crippen LogP contribution in [0.5, 0.6) is 0 Å². The van der Waals surface area contributed by atoms with E-state index < -0.39 is 0 Å². The monoisotopic (exact) mass is 337 g/mol. The van der Waals surface area contributed by atoms with Crippen LogP contribution >= 0.6 is 0 Å². The van der Waals surface area contributed by atoms with Crippen LogP contribution in [-0.4, -0.2) is 5.54 Å². The van der Waals surface area contributed by atoms with Crippen LogP contribution in [-0.2, 0) is 12.8 Å². The quantitative estimate of drug-likeness (QED) is 0.631. The summed E-state index contributed by atoms with van der Waals surface area (Å²) in [7, 11) is 0. The van der Waals surface area contributed by atoms with Gasteiger partial charge in [0.1, 0.15) is 0 Å². The highest BCUT2D eigenvalue weighted by Gasteiger charge is 2.58. The number of nitrogens with two attached hydrogens (primary N) is 1. The minimum absolute atomic E-state index is 0.0110. The van der Waals surface area contributed by atoms with Gasteiger partial charge >= 0.3 is 0 Å². The van der Waals surface area contributed by atoms with Gasteiger partial charge in [-0.3, -0.25) is 0 Å². The molecule has 0 saturated heterocycles. The fourth-order valence-electron chi connectivity index (χ4n) is 6.32. The third kappa shape index (κ3) is 2.63. The van der Waals surface area contributed by atoms with Crippen molar-refractivity contribution in [1.82, 2.24) is 0 Å². The molecule has 2 fully saturated rings. The maximum atomic E-state index is 7.23. The summed E-state index contributed by atoms with van der Waals surface area (Å²) in [5, 5.41) is 0. The van der Waals surface area contributed by atoms with Crippen LogP contribution in [0, 0.1) is 11.3 Å². The molecule has 1 aromatic rings. The van der Waals surface area contributed by atoms with Gasteiger partial charge < -0.3 is 5.73 Å². The van der Waals surface area contributed by atoms with Crippen LogP contribution < -0.4 is 5.73 Å². The van der Waals surface area contributed by atoms with E-state index in [1.807, 2.05) is 0 Å². The summed E-state index contributed by atoms with van der Waals surface area (Å²) >= 11 is 0. The fraction of sp³-hybridized carbons (Fsp3) is 0.583. The van der Waals surface area contributed by atoms with Crippen LogP contribution in [0.3, 0.4) is 0 Å². The van der Waals surface area contributed by atoms with E-state index in [2.05, 4.69) is 58.2 Å². The molecule has 136 valence electrons. The molecule has 0 bridgehead atoms. The Balaban J connectivity index is 0.000000880. The van der Waals surface area contributed by atoms with Crippen molar-refractivity contribution in [2.75, 3.05) is 0 Å². The number of hydrogen-bond acceptors (Lipinski definition) is 1. The van der Waals surface area contributed by atoms with Crippen molar-refractivity contribution in [3.8, 4) is 0 Å². The third-order valence-electron chi connectivity index (χ3n) is 7.62. The molecule has 4 unspecified atom stereocenters. The first kappa shape index (κ1) is 18.5. The highest BCUT2D eigenvalue weighted by Crippen LogP contribution is 2.63. The molecule has 4 rings (SSSR count). The van der Waals surface area contributed by atoms with Gasteiger partial charge in [0.25, 0.3) is 0 Å². The summed E-state index contributed by atoms with van der Waals surface area (Å²) < 4.78 is 0. The number of aryl methyl sites for hydroxylation is 2. The number of fused-ring (bicyclic) bond motifs is 5. The Labute approximate surface area is 154 Å². The van der Waals surface area contributed by atoms with Crippen molar-refractivity contribution in [3.63, 3.8) is 0 Å². The van der Waals surface area contributed by atoms with E-state index in [9.17, 15) is 0 Å². The lowest BCUT2D eigenvalue weighted by Gasteiger charge is -2.56. The second-order valence-electron chi connectivity index (χ2n) is 8.41. The number of rotatable bonds is 1. The summed E-state index contributed by atoms with van der Waals surface area (Å²) in [6.45, 7) is 13.0. The summed E-state index contributed by atoms with van der Waals surface area (Å²) in [6, 6.07) is 7.19. The second kappa shape index (κ2) is 6.76. The number of allylic oxidation sites excluding steroid dienone is 2. The standard InChI is InChI=1S/C22H31N.C2H4/c1-4-15-6-7-16-10-13-22(23)19(18(16)14-15)11-12-21(3)17(5-2)8-9-20(21)22;1-2/h5-7,14,19-20H,4,8-13,23H2,1-3H3;1-2H2/b17-5-;. The van der Waals surface area contributed by atoms with E-state index in [1.165, 1.54) is 44.1 Å². The summed E-state index contributed by atoms with van der Waals surface area (Å²) in [4.78, 5) is 0. The fourth-order valence-corrected chi connectivity index (χ4v) is 6.32. The van der Waals surface area contributed by atoms with Gasteiger partial charge in [0.05, 0.1) is 0 Å². The minimum Gasteiger partial charge on any atom is -0.324 e. The summed E-state index contributed by atoms with van der Waals surface area (Å²) in [6.07, 6.45) is 11.0. The highest BCUT2D eigenvalue weighted by molar-refractivity contribution is 5.42. The Bertz CT molecular complexity index is 673. The molecular weight excluding hydrogens is 302 g/mol. The number of hydrogen-bond donors (Lipinski definition) is 1. The predicted octanol–water partition coefficient (Wildman–Crippen LogP) is 5.93. The van der Waals surface area contributed by atoms with Gasteiger partial charge in [-0.15, -0.1) is 13.2 Å². The molecule has 0 aliphatic heterocycles. The molecular formula is C24H35N. The summed E-state index contributed by atoms with van der Waals surface area (Å²) in [5.41, 5.74) is 13.9. The Morgan fingerprint density at radius 1 is 1.20 bits per heavy atom. The maximum absolute atomic E-state index is 7.23. The maximum Gasteiger partial charge on any atom is 0.0264 e. The minimum atomic E-state index is 0.0110. The lowest BCUT2D eigenvalue weighted by Crippen LogP contribution is -2.60. The molecule has 25 heavy (non-hydrogen) atoms. The van der Waals surface area contributed by atoms with Crippen LogP contribution in [0.2, 0.25) is 0 Å². The van der Waals surface area contributed by atoms with Gasteiger partial charge in [-0.2, -0.15) is 0 Å². The smallest absolute Gasteiger partial charge is 0.0264 e. The predicted molar refractivity (Wildman–Crippen MR) is 109 cm³/mol. The number of benzene rings is 1. The van der Waals surface area contributed by atoms with Crippen LogP contribution in [0.4, 0.5) is 0 Å². The molecule has 2 N–H and O–H groups in total. The summed E-state index contributed by atoms with van der Waals surface area (Å²) in [5.74, 6) is 1.24. The zero-order valence-electron chi connectivity index (χ0n) is 16.4. The SMILES string of the molecule is C/C=C1/CCC2C1(C)CCC1c3cc(CC)ccc3CCC12N.C=C. The first-order valence-corrected chi connectivity index (χ1v) is 10.1. The van der Waals surface area contributed by atoms with Crippen LogP contribution in [0.25, 0.3) is 0 Å². The average molecular weight is 338 g/mol. The van der Waals surface area contributed by atoms with Crippen molar-refractivity contribution in [3.05, 3.63) is 59.7 Å². The second-order valence-corrected chi connectivity index (χ2v) is 8.41. The molecule has 0 amide bonds. The average Bonchev–Trinajstić information content (AvgIpc) is 3.00. The third-order valence-corrected chi connectivity index (χ3v) is 7.62. The normalized spacial score (nSPS) is 37.5. The molecule has 0 spiro atoms. The van der Waals surface area contributed by atoms with Gasteiger partial charge in [0, 0.05) is 11.5 Å². The Morgan fingerprint density at radius 2 is 1.96 bits per heavy atom. The molecule has 1 heteroatoms. The van der Waals surface area contributed by atoms with Gasteiger partial charge in [0.15, 0.2) is 0 Å². The van der Waals surface area contributed by atoms with E-state index in [1.54, 1.807) is 16.7 Å². The molecule has 0 aromatic heterocycles. The molecule has 2 saturated carbocycles. The molecule has 3 aliphatic carbocycles. The lowest BCUT2D eigenvalue weighted by atomic mass is 9.51. The van der Waals surface area contributed by atoms with E-state index in [0.717, 1.165) is 6.42 Å². The molecule has 1 aromatic carbocycles. The Kier molecular flexibility index (Phi) is 4.99. The van der Waals surface area contributed by atoms with E-state index in [-0.39, 0.29) is 5.54 Å². The highest BCUT2D eigenvalue weighted by atomic mass is 14.8. The lowest BCUT2D eigenvalue weighted by molar-refractivity contribution is 0.0522. The van der Waals surface area contributed by atoms with Gasteiger partial charge in [-0.25, -0.2) is 0 Å². The van der Waals surface area contributed by atoms with E-state index >= 15 is 0 Å². The van der Waals surface area contributed by atoms with Crippen molar-refractivity contribution in [1.29, 1.82) is 0 Å². The zero-order valence-corrected chi connectivity index (χ0v) is 16.4. The molecule has 1 nitrogen and oxygen atoms in total. The molecule has 3 aliphatic rings. The van der Waals surface area contributed by atoms with Gasteiger partial charge in [-0.05, 0) is 79.9 Å². The van der Waals surface area contributed by atoms with E-state index in [0.29, 0.717) is 17.3 Å². The van der Waals surface area contributed by atoms with Gasteiger partial charge in [0.2, 0.25) is 0 Å². The van der Waals surface area contributed by atoms with Crippen molar-refractivity contribution >= 4 is 0 Å². The topological polar surface area (TPSA) is 26.0 Å². The molecule has 4 atom stereocenters. The van der Waals surface area contributed by atoms with Crippen molar-refractivity contribution in [2.24, 2.45) is 17.1 Å². The van der Waals surface area contributed by atoms with Crippen LogP contribution in [0.1, 0.15) is 75.5 Å². The first-order valence-electron chi connectivity index (χ1n) is 10.1. The zero-order chi connectivity index (χ0) is 18.2. The van der Waals surface area contributed by atoms with Crippen molar-refractivity contribution < 1.29 is 0 Å². The van der Waals surface area contributed by atoms with Crippen molar-refractivity contribution in [2.45, 2.75) is 77.2 Å². The Hall–Kier alpha value is -1.34. The molecule has 0 heterocycles. The Morgan fingerprint density at radius 3 is 2.64 bits per heavy atom. The largest absolute Gasteiger partial charge is 0.324 e.